The number of amides is 1. The van der Waals surface area contributed by atoms with E-state index in [-0.39, 0.29) is 5.91 Å². The number of aromatic nitrogens is 4. The van der Waals surface area contributed by atoms with Crippen molar-refractivity contribution in [3.05, 3.63) is 84.2 Å². The van der Waals surface area contributed by atoms with Gasteiger partial charge in [-0.3, -0.25) is 4.79 Å². The molecule has 0 fully saturated rings. The fraction of sp³-hybridized carbons (Fsp3) is 0.0769. The topological polar surface area (TPSA) is 72.7 Å². The van der Waals surface area contributed by atoms with E-state index in [9.17, 15) is 4.79 Å². The Labute approximate surface area is 193 Å². The number of carbonyl (C=O) groups excluding carboxylic acids is 1. The molecular formula is C26H19N5OS. The number of anilines is 1. The summed E-state index contributed by atoms with van der Waals surface area (Å²) in [6, 6.07) is 25.9. The zero-order valence-corrected chi connectivity index (χ0v) is 18.4. The van der Waals surface area contributed by atoms with Gasteiger partial charge < -0.3 is 9.88 Å². The summed E-state index contributed by atoms with van der Waals surface area (Å²) in [5, 5.41) is 6.54. The summed E-state index contributed by atoms with van der Waals surface area (Å²) in [7, 11) is 0. The van der Waals surface area contributed by atoms with Gasteiger partial charge in [0.05, 0.1) is 22.2 Å². The summed E-state index contributed by atoms with van der Waals surface area (Å²) in [6.45, 7) is 0.500. The molecule has 3 heterocycles. The number of aryl methyl sites for hydroxylation is 1. The molecule has 33 heavy (non-hydrogen) atoms. The first kappa shape index (κ1) is 19.6. The largest absolute Gasteiger partial charge is 0.323 e. The molecule has 0 bridgehead atoms. The summed E-state index contributed by atoms with van der Waals surface area (Å²) >= 11 is 1.43. The van der Waals surface area contributed by atoms with Crippen LogP contribution in [0.25, 0.3) is 44.4 Å². The number of benzene rings is 3. The quantitative estimate of drug-likeness (QED) is 0.356. The Morgan fingerprint density at radius 1 is 0.848 bits per heavy atom. The highest BCUT2D eigenvalue weighted by molar-refractivity contribution is 7.14. The molecule has 0 aliphatic rings. The molecule has 6 rings (SSSR count). The van der Waals surface area contributed by atoms with Crippen molar-refractivity contribution in [1.29, 1.82) is 0 Å². The number of hydrogen-bond acceptors (Lipinski definition) is 5. The molecule has 3 aromatic heterocycles. The lowest BCUT2D eigenvalue weighted by Crippen LogP contribution is -2.14. The zero-order chi connectivity index (χ0) is 22.2. The van der Waals surface area contributed by atoms with Gasteiger partial charge in [0.1, 0.15) is 5.52 Å². The normalized spacial score (nSPS) is 11.4. The van der Waals surface area contributed by atoms with E-state index in [0.29, 0.717) is 18.1 Å². The predicted octanol–water partition coefficient (Wildman–Crippen LogP) is 5.89. The Bertz CT molecular complexity index is 1620. The molecule has 0 saturated heterocycles. The Morgan fingerprint density at radius 2 is 1.58 bits per heavy atom. The highest BCUT2D eigenvalue weighted by Gasteiger charge is 2.15. The number of carbonyl (C=O) groups is 1. The van der Waals surface area contributed by atoms with Gasteiger partial charge in [0.15, 0.2) is 10.8 Å². The van der Waals surface area contributed by atoms with Crippen molar-refractivity contribution in [3.8, 4) is 11.3 Å². The molecule has 7 heteroatoms. The summed E-state index contributed by atoms with van der Waals surface area (Å²) in [6.07, 6.45) is 0.308. The van der Waals surface area contributed by atoms with Crippen LogP contribution >= 0.6 is 11.3 Å². The van der Waals surface area contributed by atoms with E-state index in [2.05, 4.69) is 20.9 Å². The van der Waals surface area contributed by atoms with Gasteiger partial charge in [0.2, 0.25) is 5.91 Å². The van der Waals surface area contributed by atoms with E-state index >= 15 is 0 Å². The van der Waals surface area contributed by atoms with Gasteiger partial charge in [-0.05, 0) is 18.2 Å². The second kappa shape index (κ2) is 8.11. The molecule has 0 spiro atoms. The van der Waals surface area contributed by atoms with Crippen LogP contribution < -0.4 is 5.32 Å². The molecule has 0 saturated carbocycles. The van der Waals surface area contributed by atoms with Crippen molar-refractivity contribution >= 4 is 55.5 Å². The van der Waals surface area contributed by atoms with E-state index in [1.54, 1.807) is 0 Å². The van der Waals surface area contributed by atoms with Gasteiger partial charge in [-0.15, -0.1) is 11.3 Å². The summed E-state index contributed by atoms with van der Waals surface area (Å²) in [5.41, 5.74) is 6.28. The molecule has 1 N–H and O–H groups in total. The van der Waals surface area contributed by atoms with Gasteiger partial charge in [0, 0.05) is 29.3 Å². The van der Waals surface area contributed by atoms with Gasteiger partial charge in [-0.2, -0.15) is 0 Å². The first-order valence-corrected chi connectivity index (χ1v) is 11.6. The number of thiazole rings is 1. The number of nitrogens with zero attached hydrogens (tertiary/aromatic N) is 4. The lowest BCUT2D eigenvalue weighted by atomic mass is 10.2. The van der Waals surface area contributed by atoms with Crippen molar-refractivity contribution < 1.29 is 4.79 Å². The van der Waals surface area contributed by atoms with E-state index in [0.717, 1.165) is 44.4 Å². The second-order valence-corrected chi connectivity index (χ2v) is 8.61. The third-order valence-electron chi connectivity index (χ3n) is 5.64. The SMILES string of the molecule is O=C(CCn1c2ccccc2c2nc3ccccc3nc21)Nc1nc(-c2ccccc2)cs1. The summed E-state index contributed by atoms with van der Waals surface area (Å²) < 4.78 is 2.08. The fourth-order valence-electron chi connectivity index (χ4n) is 4.08. The third-order valence-corrected chi connectivity index (χ3v) is 6.40. The smallest absolute Gasteiger partial charge is 0.227 e. The Balaban J connectivity index is 1.27. The van der Waals surface area contributed by atoms with Crippen LogP contribution in [0, 0.1) is 0 Å². The van der Waals surface area contributed by atoms with Crippen molar-refractivity contribution in [2.75, 3.05) is 5.32 Å². The molecule has 1 amide bonds. The lowest BCUT2D eigenvalue weighted by Gasteiger charge is -2.07. The number of nitrogens with one attached hydrogen (secondary N) is 1. The van der Waals surface area contributed by atoms with Crippen LogP contribution in [0.3, 0.4) is 0 Å². The van der Waals surface area contributed by atoms with Crippen LogP contribution in [-0.2, 0) is 11.3 Å². The van der Waals surface area contributed by atoms with Crippen LogP contribution in [0.2, 0.25) is 0 Å². The van der Waals surface area contributed by atoms with Gasteiger partial charge in [-0.1, -0.05) is 60.7 Å². The molecule has 0 unspecified atom stereocenters. The minimum Gasteiger partial charge on any atom is -0.323 e. The standard InChI is InChI=1S/C26H19N5OS/c32-23(30-26-29-21(16-33-26)17-8-2-1-3-9-17)14-15-31-22-13-7-4-10-18(22)24-25(31)28-20-12-6-5-11-19(20)27-24/h1-13,16H,14-15H2,(H,29,30,32). The molecular weight excluding hydrogens is 430 g/mol. The molecule has 6 aromatic rings. The molecule has 0 aliphatic carbocycles. The van der Waals surface area contributed by atoms with Gasteiger partial charge in [-0.25, -0.2) is 15.0 Å². The highest BCUT2D eigenvalue weighted by atomic mass is 32.1. The van der Waals surface area contributed by atoms with Crippen molar-refractivity contribution in [1.82, 2.24) is 19.5 Å². The van der Waals surface area contributed by atoms with E-state index in [4.69, 9.17) is 9.97 Å². The monoisotopic (exact) mass is 449 g/mol. The van der Waals surface area contributed by atoms with Crippen LogP contribution in [0.1, 0.15) is 6.42 Å². The number of hydrogen-bond donors (Lipinski definition) is 1. The van der Waals surface area contributed by atoms with Crippen LogP contribution in [0.4, 0.5) is 5.13 Å². The predicted molar refractivity (Wildman–Crippen MR) is 133 cm³/mol. The fourth-order valence-corrected chi connectivity index (χ4v) is 4.81. The first-order valence-electron chi connectivity index (χ1n) is 10.7. The maximum atomic E-state index is 12.7. The minimum atomic E-state index is -0.0800. The Kier molecular flexibility index (Phi) is 4.81. The maximum Gasteiger partial charge on any atom is 0.227 e. The zero-order valence-electron chi connectivity index (χ0n) is 17.6. The van der Waals surface area contributed by atoms with E-state index in [1.165, 1.54) is 11.3 Å². The first-order chi connectivity index (χ1) is 16.3. The maximum absolute atomic E-state index is 12.7. The van der Waals surface area contributed by atoms with Gasteiger partial charge in [0.25, 0.3) is 0 Å². The summed E-state index contributed by atoms with van der Waals surface area (Å²) in [4.78, 5) is 27.0. The van der Waals surface area contributed by atoms with Crippen molar-refractivity contribution in [2.24, 2.45) is 0 Å². The number of fused-ring (bicyclic) bond motifs is 4. The lowest BCUT2D eigenvalue weighted by molar-refractivity contribution is -0.116. The highest BCUT2D eigenvalue weighted by Crippen LogP contribution is 2.29. The van der Waals surface area contributed by atoms with Gasteiger partial charge >= 0.3 is 0 Å². The van der Waals surface area contributed by atoms with E-state index in [1.807, 2.05) is 78.2 Å². The van der Waals surface area contributed by atoms with Crippen molar-refractivity contribution in [2.45, 2.75) is 13.0 Å². The third kappa shape index (κ3) is 3.62. The number of para-hydroxylation sites is 3. The molecule has 6 nitrogen and oxygen atoms in total. The Hall–Kier alpha value is -4.10. The minimum absolute atomic E-state index is 0.0800. The Morgan fingerprint density at radius 3 is 2.42 bits per heavy atom. The molecule has 0 atom stereocenters. The molecule has 0 aliphatic heterocycles. The van der Waals surface area contributed by atoms with Crippen molar-refractivity contribution in [3.63, 3.8) is 0 Å². The average Bonchev–Trinajstić information content (AvgIpc) is 3.44. The average molecular weight is 450 g/mol. The number of rotatable bonds is 5. The molecule has 0 radical (unpaired) electrons. The van der Waals surface area contributed by atoms with Crippen LogP contribution in [-0.4, -0.2) is 25.4 Å². The molecule has 160 valence electrons. The van der Waals surface area contributed by atoms with Crippen LogP contribution in [0.5, 0.6) is 0 Å². The summed E-state index contributed by atoms with van der Waals surface area (Å²) in [5.74, 6) is -0.0800. The second-order valence-electron chi connectivity index (χ2n) is 7.76. The van der Waals surface area contributed by atoms with Crippen LogP contribution in [0.15, 0.2) is 84.2 Å². The van der Waals surface area contributed by atoms with E-state index < -0.39 is 0 Å². The molecule has 3 aromatic carbocycles.